The highest BCUT2D eigenvalue weighted by atomic mass is 16.6. The van der Waals surface area contributed by atoms with Crippen LogP contribution in [-0.2, 0) is 14.3 Å². The van der Waals surface area contributed by atoms with Gasteiger partial charge in [-0.2, -0.15) is 0 Å². The highest BCUT2D eigenvalue weighted by Gasteiger charge is 2.13. The van der Waals surface area contributed by atoms with E-state index >= 15 is 0 Å². The Balaban J connectivity index is 3.41. The normalized spacial score (nSPS) is 11.4. The van der Waals surface area contributed by atoms with Crippen LogP contribution in [0, 0.1) is 5.41 Å². The third-order valence-electron chi connectivity index (χ3n) is 1.15. The molecule has 0 aliphatic carbocycles. The minimum Gasteiger partial charge on any atom is -0.463 e. The molecule has 0 spiro atoms. The highest BCUT2D eigenvalue weighted by Crippen LogP contribution is 2.12. The Morgan fingerprint density at radius 1 is 1.38 bits per heavy atom. The van der Waals surface area contributed by atoms with Crippen LogP contribution in [0.1, 0.15) is 20.8 Å². The Labute approximate surface area is 79.4 Å². The van der Waals surface area contributed by atoms with Crippen molar-refractivity contribution < 1.29 is 14.3 Å². The van der Waals surface area contributed by atoms with Gasteiger partial charge in [0.25, 0.3) is 0 Å². The third-order valence-corrected chi connectivity index (χ3v) is 1.15. The minimum absolute atomic E-state index is 0.00350. The molecule has 2 N–H and O–H groups in total. The number of nitrogens with two attached hydrogens (primary N) is 1. The van der Waals surface area contributed by atoms with E-state index in [9.17, 15) is 4.79 Å². The summed E-state index contributed by atoms with van der Waals surface area (Å²) in [5.74, 6) is -0.330. The van der Waals surface area contributed by atoms with Crippen molar-refractivity contribution in [2.24, 2.45) is 11.1 Å². The van der Waals surface area contributed by atoms with Gasteiger partial charge in [-0.05, 0) is 5.41 Å². The molecule has 0 bridgehead atoms. The van der Waals surface area contributed by atoms with E-state index in [0.29, 0.717) is 19.8 Å². The van der Waals surface area contributed by atoms with E-state index in [1.807, 2.05) is 20.8 Å². The van der Waals surface area contributed by atoms with Gasteiger partial charge in [-0.3, -0.25) is 0 Å². The number of carbonyl (C=O) groups excluding carboxylic acids is 1. The topological polar surface area (TPSA) is 61.5 Å². The number of hydrogen-bond donors (Lipinski definition) is 1. The van der Waals surface area contributed by atoms with Crippen LogP contribution in [-0.4, -0.2) is 32.3 Å². The summed E-state index contributed by atoms with van der Waals surface area (Å²) in [6.07, 6.45) is 0. The summed E-state index contributed by atoms with van der Waals surface area (Å²) < 4.78 is 9.86. The SMILES string of the molecule is CC(C)(C)COC(=O)COCCN. The van der Waals surface area contributed by atoms with Crippen molar-refractivity contribution in [3.05, 3.63) is 0 Å². The molecule has 13 heavy (non-hydrogen) atoms. The lowest BCUT2D eigenvalue weighted by Gasteiger charge is -2.17. The van der Waals surface area contributed by atoms with Crippen LogP contribution in [0.5, 0.6) is 0 Å². The fourth-order valence-electron chi connectivity index (χ4n) is 0.578. The van der Waals surface area contributed by atoms with E-state index < -0.39 is 0 Å². The fourth-order valence-corrected chi connectivity index (χ4v) is 0.578. The van der Waals surface area contributed by atoms with Crippen molar-refractivity contribution in [1.82, 2.24) is 0 Å². The van der Waals surface area contributed by atoms with Crippen LogP contribution in [0.15, 0.2) is 0 Å². The van der Waals surface area contributed by atoms with Crippen LogP contribution >= 0.6 is 0 Å². The smallest absolute Gasteiger partial charge is 0.332 e. The molecule has 0 aliphatic rings. The zero-order valence-electron chi connectivity index (χ0n) is 8.63. The molecule has 0 fully saturated rings. The second-order valence-corrected chi connectivity index (χ2v) is 4.06. The van der Waals surface area contributed by atoms with Crippen LogP contribution in [0.25, 0.3) is 0 Å². The summed E-state index contributed by atoms with van der Waals surface area (Å²) >= 11 is 0. The van der Waals surface area contributed by atoms with Crippen molar-refractivity contribution >= 4 is 5.97 Å². The molecular formula is C9H19NO3. The molecule has 0 aliphatic heterocycles. The van der Waals surface area contributed by atoms with Crippen LogP contribution in [0.3, 0.4) is 0 Å². The molecule has 0 aromatic rings. The zero-order valence-corrected chi connectivity index (χ0v) is 8.63. The quantitative estimate of drug-likeness (QED) is 0.507. The number of carbonyl (C=O) groups is 1. The molecule has 0 heterocycles. The lowest BCUT2D eigenvalue weighted by Crippen LogP contribution is -2.22. The largest absolute Gasteiger partial charge is 0.463 e. The molecule has 0 aromatic carbocycles. The highest BCUT2D eigenvalue weighted by molar-refractivity contribution is 5.70. The van der Waals surface area contributed by atoms with Gasteiger partial charge < -0.3 is 15.2 Å². The summed E-state index contributed by atoms with van der Waals surface area (Å²) in [6, 6.07) is 0. The molecule has 78 valence electrons. The first-order valence-corrected chi connectivity index (χ1v) is 4.39. The van der Waals surface area contributed by atoms with Gasteiger partial charge in [0.05, 0.1) is 13.2 Å². The Morgan fingerprint density at radius 2 is 2.00 bits per heavy atom. The maximum atomic E-state index is 11.0. The molecular weight excluding hydrogens is 170 g/mol. The Bertz CT molecular complexity index is 151. The predicted molar refractivity (Wildman–Crippen MR) is 50.3 cm³/mol. The summed E-state index contributed by atoms with van der Waals surface area (Å²) in [4.78, 5) is 11.0. The number of esters is 1. The summed E-state index contributed by atoms with van der Waals surface area (Å²) in [5.41, 5.74) is 5.18. The monoisotopic (exact) mass is 189 g/mol. The Hall–Kier alpha value is -0.610. The average molecular weight is 189 g/mol. The van der Waals surface area contributed by atoms with Crippen LogP contribution in [0.4, 0.5) is 0 Å². The zero-order chi connectivity index (χ0) is 10.3. The summed E-state index contributed by atoms with van der Waals surface area (Å²) in [7, 11) is 0. The van der Waals surface area contributed by atoms with Crippen molar-refractivity contribution in [1.29, 1.82) is 0 Å². The lowest BCUT2D eigenvalue weighted by atomic mass is 9.99. The van der Waals surface area contributed by atoms with Gasteiger partial charge in [0.1, 0.15) is 6.61 Å². The molecule has 0 saturated carbocycles. The van der Waals surface area contributed by atoms with E-state index in [4.69, 9.17) is 15.2 Å². The molecule has 0 aromatic heterocycles. The van der Waals surface area contributed by atoms with Gasteiger partial charge in [0.15, 0.2) is 0 Å². The molecule has 0 unspecified atom stereocenters. The first-order chi connectivity index (χ1) is 5.95. The lowest BCUT2D eigenvalue weighted by molar-refractivity contribution is -0.151. The minimum atomic E-state index is -0.330. The van der Waals surface area contributed by atoms with E-state index in [1.54, 1.807) is 0 Å². The van der Waals surface area contributed by atoms with E-state index in [2.05, 4.69) is 0 Å². The van der Waals surface area contributed by atoms with Crippen LogP contribution < -0.4 is 5.73 Å². The van der Waals surface area contributed by atoms with Gasteiger partial charge in [-0.1, -0.05) is 20.8 Å². The van der Waals surface area contributed by atoms with Gasteiger partial charge in [0, 0.05) is 6.54 Å². The first kappa shape index (κ1) is 12.4. The maximum Gasteiger partial charge on any atom is 0.332 e. The second kappa shape index (κ2) is 5.94. The van der Waals surface area contributed by atoms with Crippen molar-refractivity contribution in [3.63, 3.8) is 0 Å². The third kappa shape index (κ3) is 9.30. The molecule has 0 amide bonds. The number of hydrogen-bond acceptors (Lipinski definition) is 4. The number of ether oxygens (including phenoxy) is 2. The maximum absolute atomic E-state index is 11.0. The standard InChI is InChI=1S/C9H19NO3/c1-9(2,3)7-13-8(11)6-12-5-4-10/h4-7,10H2,1-3H3. The molecule has 0 radical (unpaired) electrons. The Morgan fingerprint density at radius 3 is 2.46 bits per heavy atom. The van der Waals surface area contributed by atoms with Gasteiger partial charge in [-0.25, -0.2) is 4.79 Å². The van der Waals surface area contributed by atoms with Gasteiger partial charge in [0.2, 0.25) is 0 Å². The fraction of sp³-hybridized carbons (Fsp3) is 0.889. The molecule has 4 heteroatoms. The van der Waals surface area contributed by atoms with E-state index in [1.165, 1.54) is 0 Å². The summed E-state index contributed by atoms with van der Waals surface area (Å²) in [5, 5.41) is 0. The van der Waals surface area contributed by atoms with Gasteiger partial charge in [-0.15, -0.1) is 0 Å². The van der Waals surface area contributed by atoms with E-state index in [-0.39, 0.29) is 18.0 Å². The average Bonchev–Trinajstić information content (AvgIpc) is 2.00. The van der Waals surface area contributed by atoms with Gasteiger partial charge >= 0.3 is 5.97 Å². The first-order valence-electron chi connectivity index (χ1n) is 4.39. The molecule has 0 saturated heterocycles. The predicted octanol–water partition coefficient (Wildman–Crippen LogP) is 0.551. The van der Waals surface area contributed by atoms with Crippen molar-refractivity contribution in [2.45, 2.75) is 20.8 Å². The van der Waals surface area contributed by atoms with E-state index in [0.717, 1.165) is 0 Å². The van der Waals surface area contributed by atoms with Crippen molar-refractivity contribution in [2.75, 3.05) is 26.4 Å². The van der Waals surface area contributed by atoms with Crippen LogP contribution in [0.2, 0.25) is 0 Å². The molecule has 4 nitrogen and oxygen atoms in total. The second-order valence-electron chi connectivity index (χ2n) is 4.06. The van der Waals surface area contributed by atoms with Crippen molar-refractivity contribution in [3.8, 4) is 0 Å². The number of rotatable bonds is 5. The Kier molecular flexibility index (Phi) is 5.66. The molecule has 0 atom stereocenters. The molecule has 0 rings (SSSR count). The summed E-state index contributed by atoms with van der Waals surface area (Å²) in [6.45, 7) is 7.23.